The maximum atomic E-state index is 13.2. The van der Waals surface area contributed by atoms with E-state index in [1.165, 1.54) is 4.90 Å². The molecule has 0 unspecified atom stereocenters. The van der Waals surface area contributed by atoms with E-state index in [9.17, 15) is 18.0 Å². The van der Waals surface area contributed by atoms with Crippen LogP contribution in [0, 0.1) is 13.8 Å². The number of piperidine rings is 1. The van der Waals surface area contributed by atoms with Crippen molar-refractivity contribution in [2.24, 2.45) is 0 Å². The maximum Gasteiger partial charge on any atom is 0.244 e. The van der Waals surface area contributed by atoms with Crippen LogP contribution in [0.4, 0.5) is 11.4 Å². The molecule has 0 aromatic heterocycles. The van der Waals surface area contributed by atoms with Crippen molar-refractivity contribution in [1.29, 1.82) is 0 Å². The summed E-state index contributed by atoms with van der Waals surface area (Å²) in [6.07, 6.45) is 3.47. The van der Waals surface area contributed by atoms with Crippen molar-refractivity contribution in [3.8, 4) is 0 Å². The van der Waals surface area contributed by atoms with E-state index in [1.807, 2.05) is 39.0 Å². The van der Waals surface area contributed by atoms with E-state index in [0.29, 0.717) is 24.3 Å². The quantitative estimate of drug-likeness (QED) is 0.722. The largest absolute Gasteiger partial charge is 0.325 e. The maximum absolute atomic E-state index is 13.2. The van der Waals surface area contributed by atoms with Gasteiger partial charge in [-0.15, -0.1) is 0 Å². The standard InChI is InChI=1S/C25H31N3O4S/c1-17-12-18(2)14-21(13-17)26-24(29)16-27-23-9-8-22(15-20(23)7-10-25(27)30)33(31,32)28-11-5-4-6-19(28)3/h8-9,12-15,19H,4-7,10-11,16H2,1-3H3,(H,26,29)/t19-/m0/s1. The molecule has 0 saturated carbocycles. The summed E-state index contributed by atoms with van der Waals surface area (Å²) in [4.78, 5) is 27.1. The molecule has 7 nitrogen and oxygen atoms in total. The Morgan fingerprint density at radius 1 is 1.06 bits per heavy atom. The van der Waals surface area contributed by atoms with Gasteiger partial charge in [0, 0.05) is 30.4 Å². The van der Waals surface area contributed by atoms with Gasteiger partial charge in [-0.1, -0.05) is 12.5 Å². The van der Waals surface area contributed by atoms with Gasteiger partial charge in [0.1, 0.15) is 6.54 Å². The number of amides is 2. The van der Waals surface area contributed by atoms with E-state index in [-0.39, 0.29) is 35.7 Å². The predicted molar refractivity (Wildman–Crippen MR) is 129 cm³/mol. The number of rotatable bonds is 5. The van der Waals surface area contributed by atoms with Gasteiger partial charge in [-0.2, -0.15) is 4.31 Å². The van der Waals surface area contributed by atoms with Gasteiger partial charge in [0.15, 0.2) is 0 Å². The smallest absolute Gasteiger partial charge is 0.244 e. The molecule has 0 radical (unpaired) electrons. The third kappa shape index (κ3) is 4.96. The normalized spacial score (nSPS) is 19.3. The molecule has 4 rings (SSSR count). The summed E-state index contributed by atoms with van der Waals surface area (Å²) in [5, 5.41) is 2.87. The van der Waals surface area contributed by atoms with E-state index in [2.05, 4.69) is 5.32 Å². The lowest BCUT2D eigenvalue weighted by molar-refractivity contribution is -0.121. The van der Waals surface area contributed by atoms with E-state index in [4.69, 9.17) is 0 Å². The number of sulfonamides is 1. The second kappa shape index (κ2) is 9.27. The summed E-state index contributed by atoms with van der Waals surface area (Å²) in [5.41, 5.74) is 4.16. The van der Waals surface area contributed by atoms with Crippen molar-refractivity contribution >= 4 is 33.2 Å². The highest BCUT2D eigenvalue weighted by atomic mass is 32.2. The topological polar surface area (TPSA) is 86.8 Å². The van der Waals surface area contributed by atoms with Crippen LogP contribution in [0.2, 0.25) is 0 Å². The molecule has 1 atom stereocenters. The van der Waals surface area contributed by atoms with Crippen LogP contribution in [0.15, 0.2) is 41.3 Å². The third-order valence-electron chi connectivity index (χ3n) is 6.41. The summed E-state index contributed by atoms with van der Waals surface area (Å²) in [7, 11) is -3.60. The summed E-state index contributed by atoms with van der Waals surface area (Å²) >= 11 is 0. The Morgan fingerprint density at radius 3 is 2.48 bits per heavy atom. The number of benzene rings is 2. The first-order valence-corrected chi connectivity index (χ1v) is 12.9. The molecule has 1 saturated heterocycles. The zero-order valence-corrected chi connectivity index (χ0v) is 20.2. The molecule has 2 aliphatic heterocycles. The zero-order valence-electron chi connectivity index (χ0n) is 19.4. The van der Waals surface area contributed by atoms with E-state index < -0.39 is 10.0 Å². The van der Waals surface area contributed by atoms with Crippen molar-refractivity contribution in [1.82, 2.24) is 4.31 Å². The monoisotopic (exact) mass is 469 g/mol. The molecule has 2 amide bonds. The van der Waals surface area contributed by atoms with Crippen LogP contribution >= 0.6 is 0 Å². The lowest BCUT2D eigenvalue weighted by Crippen LogP contribution is -2.42. The van der Waals surface area contributed by atoms with Crippen LogP contribution in [0.1, 0.15) is 49.3 Å². The van der Waals surface area contributed by atoms with Crippen LogP contribution in [-0.2, 0) is 26.0 Å². The average Bonchev–Trinajstić information content (AvgIpc) is 2.75. The Balaban J connectivity index is 1.55. The summed E-state index contributed by atoms with van der Waals surface area (Å²) in [6, 6.07) is 10.7. The van der Waals surface area contributed by atoms with Gasteiger partial charge in [0.2, 0.25) is 21.8 Å². The van der Waals surface area contributed by atoms with Gasteiger partial charge in [-0.25, -0.2) is 8.42 Å². The Labute approximate surface area is 195 Å². The third-order valence-corrected chi connectivity index (χ3v) is 8.42. The Morgan fingerprint density at radius 2 is 1.79 bits per heavy atom. The molecule has 0 bridgehead atoms. The van der Waals surface area contributed by atoms with Crippen LogP contribution in [-0.4, -0.2) is 43.7 Å². The first kappa shape index (κ1) is 23.4. The van der Waals surface area contributed by atoms with Crippen LogP contribution < -0.4 is 10.2 Å². The molecule has 176 valence electrons. The number of carbonyl (C=O) groups is 2. The molecule has 1 N–H and O–H groups in total. The fourth-order valence-corrected chi connectivity index (χ4v) is 6.58. The minimum atomic E-state index is -3.60. The van der Waals surface area contributed by atoms with Crippen molar-refractivity contribution in [3.63, 3.8) is 0 Å². The average molecular weight is 470 g/mol. The lowest BCUT2D eigenvalue weighted by atomic mass is 10.0. The van der Waals surface area contributed by atoms with Gasteiger partial charge in [0.25, 0.3) is 0 Å². The number of aryl methyl sites for hydroxylation is 3. The first-order valence-electron chi connectivity index (χ1n) is 11.5. The Kier molecular flexibility index (Phi) is 6.59. The minimum Gasteiger partial charge on any atom is -0.325 e. The van der Waals surface area contributed by atoms with Crippen molar-refractivity contribution in [2.75, 3.05) is 23.3 Å². The van der Waals surface area contributed by atoms with Gasteiger partial charge in [-0.05, 0) is 87.1 Å². The van der Waals surface area contributed by atoms with Crippen molar-refractivity contribution in [2.45, 2.75) is 63.8 Å². The Bertz CT molecular complexity index is 1170. The molecule has 2 aromatic rings. The molecule has 2 aromatic carbocycles. The number of carbonyl (C=O) groups excluding carboxylic acids is 2. The summed E-state index contributed by atoms with van der Waals surface area (Å²) in [5.74, 6) is -0.432. The van der Waals surface area contributed by atoms with Gasteiger partial charge < -0.3 is 10.2 Å². The highest BCUT2D eigenvalue weighted by Gasteiger charge is 2.33. The molecule has 2 aliphatic rings. The van der Waals surface area contributed by atoms with E-state index >= 15 is 0 Å². The number of nitrogens with zero attached hydrogens (tertiary/aromatic N) is 2. The fraction of sp³-hybridized carbons (Fsp3) is 0.440. The number of anilines is 2. The SMILES string of the molecule is Cc1cc(C)cc(NC(=O)CN2C(=O)CCc3cc(S(=O)(=O)N4CCCC[C@@H]4C)ccc32)c1. The van der Waals surface area contributed by atoms with Crippen LogP contribution in [0.3, 0.4) is 0 Å². The minimum absolute atomic E-state index is 0.0215. The van der Waals surface area contributed by atoms with Crippen LogP contribution in [0.25, 0.3) is 0 Å². The van der Waals surface area contributed by atoms with Crippen LogP contribution in [0.5, 0.6) is 0 Å². The van der Waals surface area contributed by atoms with Crippen molar-refractivity contribution in [3.05, 3.63) is 53.1 Å². The van der Waals surface area contributed by atoms with E-state index in [0.717, 1.165) is 36.0 Å². The van der Waals surface area contributed by atoms with Crippen molar-refractivity contribution < 1.29 is 18.0 Å². The second-order valence-electron chi connectivity index (χ2n) is 9.16. The molecular formula is C25H31N3O4S. The molecule has 2 heterocycles. The number of nitrogens with one attached hydrogen (secondary N) is 1. The molecule has 0 spiro atoms. The molecule has 0 aliphatic carbocycles. The Hall–Kier alpha value is -2.71. The highest BCUT2D eigenvalue weighted by Crippen LogP contribution is 2.32. The van der Waals surface area contributed by atoms with E-state index in [1.54, 1.807) is 22.5 Å². The second-order valence-corrected chi connectivity index (χ2v) is 11.0. The lowest BCUT2D eigenvalue weighted by Gasteiger charge is -2.33. The van der Waals surface area contributed by atoms with Gasteiger partial charge in [0.05, 0.1) is 4.90 Å². The fourth-order valence-electron chi connectivity index (χ4n) is 4.83. The number of hydrogen-bond acceptors (Lipinski definition) is 4. The summed E-state index contributed by atoms with van der Waals surface area (Å²) < 4.78 is 28.1. The predicted octanol–water partition coefficient (Wildman–Crippen LogP) is 3.78. The number of hydrogen-bond donors (Lipinski definition) is 1. The molecular weight excluding hydrogens is 438 g/mol. The molecule has 33 heavy (non-hydrogen) atoms. The molecule has 1 fully saturated rings. The number of fused-ring (bicyclic) bond motifs is 1. The van der Waals surface area contributed by atoms with Gasteiger partial charge >= 0.3 is 0 Å². The molecule has 8 heteroatoms. The highest BCUT2D eigenvalue weighted by molar-refractivity contribution is 7.89. The van der Waals surface area contributed by atoms with Gasteiger partial charge in [-0.3, -0.25) is 9.59 Å². The first-order chi connectivity index (χ1) is 15.6. The summed E-state index contributed by atoms with van der Waals surface area (Å²) in [6.45, 7) is 6.29. The zero-order chi connectivity index (χ0) is 23.8.